The number of hydrogen-bond acceptors (Lipinski definition) is 5. The summed E-state index contributed by atoms with van der Waals surface area (Å²) in [5.41, 5.74) is 1.03. The number of amides is 1. The van der Waals surface area contributed by atoms with Gasteiger partial charge in [0.05, 0.1) is 17.9 Å². The maximum Gasteiger partial charge on any atom is 0.254 e. The van der Waals surface area contributed by atoms with Gasteiger partial charge in [-0.15, -0.1) is 0 Å². The summed E-state index contributed by atoms with van der Waals surface area (Å²) in [6.45, 7) is 3.82. The van der Waals surface area contributed by atoms with E-state index in [1.54, 1.807) is 6.20 Å². The first-order valence-electron chi connectivity index (χ1n) is 7.46. The molecule has 21 heavy (non-hydrogen) atoms. The molecule has 0 saturated carbocycles. The number of aryl methyl sites for hydroxylation is 1. The first kappa shape index (κ1) is 15.9. The molecule has 1 fully saturated rings. The molecular formula is C15H23N3O3. The number of nitrogens with zero attached hydrogens (tertiary/aromatic N) is 2. The highest BCUT2D eigenvalue weighted by atomic mass is 16.5. The van der Waals surface area contributed by atoms with E-state index in [-0.39, 0.29) is 17.9 Å². The molecule has 1 aliphatic heterocycles. The summed E-state index contributed by atoms with van der Waals surface area (Å²) in [6, 6.07) is 0. The molecule has 1 amide bonds. The Morgan fingerprint density at radius 2 is 2.24 bits per heavy atom. The van der Waals surface area contributed by atoms with E-state index in [2.05, 4.69) is 15.3 Å². The second-order valence-corrected chi connectivity index (χ2v) is 5.59. The number of hydrogen-bond donors (Lipinski definition) is 2. The number of aliphatic hydroxyl groups excluding tert-OH is 1. The Morgan fingerprint density at radius 1 is 1.48 bits per heavy atom. The Hall–Kier alpha value is -1.53. The largest absolute Gasteiger partial charge is 0.396 e. The lowest BCUT2D eigenvalue weighted by Crippen LogP contribution is -2.44. The van der Waals surface area contributed by atoms with E-state index < -0.39 is 0 Å². The number of carbonyl (C=O) groups is 1. The first-order valence-corrected chi connectivity index (χ1v) is 7.46. The van der Waals surface area contributed by atoms with E-state index in [1.165, 1.54) is 6.33 Å². The van der Waals surface area contributed by atoms with E-state index >= 15 is 0 Å². The van der Waals surface area contributed by atoms with Gasteiger partial charge >= 0.3 is 0 Å². The minimum absolute atomic E-state index is 0.0593. The second-order valence-electron chi connectivity index (χ2n) is 5.59. The van der Waals surface area contributed by atoms with Crippen molar-refractivity contribution in [2.75, 3.05) is 26.4 Å². The lowest BCUT2D eigenvalue weighted by atomic mass is 9.81. The molecule has 2 N–H and O–H groups in total. The zero-order valence-electron chi connectivity index (χ0n) is 12.5. The summed E-state index contributed by atoms with van der Waals surface area (Å²) in [7, 11) is 0. The van der Waals surface area contributed by atoms with Crippen molar-refractivity contribution in [1.29, 1.82) is 0 Å². The van der Waals surface area contributed by atoms with Crippen molar-refractivity contribution in [2.45, 2.75) is 32.6 Å². The van der Waals surface area contributed by atoms with Crippen LogP contribution in [0.3, 0.4) is 0 Å². The number of ether oxygens (including phenoxy) is 1. The lowest BCUT2D eigenvalue weighted by molar-refractivity contribution is -0.0146. The molecule has 0 radical (unpaired) electrons. The first-order chi connectivity index (χ1) is 10.2. The summed E-state index contributed by atoms with van der Waals surface area (Å²) >= 11 is 0. The van der Waals surface area contributed by atoms with E-state index in [9.17, 15) is 9.90 Å². The van der Waals surface area contributed by atoms with Crippen LogP contribution in [0.4, 0.5) is 0 Å². The monoisotopic (exact) mass is 293 g/mol. The molecule has 2 rings (SSSR count). The number of rotatable bonds is 6. The van der Waals surface area contributed by atoms with Crippen LogP contribution in [-0.4, -0.2) is 47.3 Å². The van der Waals surface area contributed by atoms with Crippen molar-refractivity contribution in [3.8, 4) is 0 Å². The standard InChI is InChI=1S/C15H23N3O3/c1-2-3-13-12(8-16-11-18-13)14(20)17-9-15(10-19)4-6-21-7-5-15/h8,11,19H,2-7,9-10H2,1H3,(H,17,20). The van der Waals surface area contributed by atoms with Gasteiger partial charge in [-0.05, 0) is 19.3 Å². The Balaban J connectivity index is 2.01. The predicted octanol–water partition coefficient (Wildman–Crippen LogP) is 0.948. The molecule has 116 valence electrons. The van der Waals surface area contributed by atoms with E-state index in [0.29, 0.717) is 25.3 Å². The molecule has 6 heteroatoms. The van der Waals surface area contributed by atoms with Crippen LogP contribution in [0.5, 0.6) is 0 Å². The highest BCUT2D eigenvalue weighted by Crippen LogP contribution is 2.29. The molecule has 6 nitrogen and oxygen atoms in total. The van der Waals surface area contributed by atoms with Crippen LogP contribution in [0.25, 0.3) is 0 Å². The van der Waals surface area contributed by atoms with Crippen LogP contribution in [-0.2, 0) is 11.2 Å². The fourth-order valence-corrected chi connectivity index (χ4v) is 2.54. The minimum atomic E-state index is -0.269. The van der Waals surface area contributed by atoms with Crippen molar-refractivity contribution in [2.24, 2.45) is 5.41 Å². The van der Waals surface area contributed by atoms with Gasteiger partial charge < -0.3 is 15.2 Å². The number of carbonyl (C=O) groups excluding carboxylic acids is 1. The Labute approximate surface area is 124 Å². The van der Waals surface area contributed by atoms with Crippen molar-refractivity contribution in [1.82, 2.24) is 15.3 Å². The van der Waals surface area contributed by atoms with Crippen molar-refractivity contribution in [3.63, 3.8) is 0 Å². The average molecular weight is 293 g/mol. The van der Waals surface area contributed by atoms with Gasteiger partial charge in [0.1, 0.15) is 6.33 Å². The molecule has 0 unspecified atom stereocenters. The van der Waals surface area contributed by atoms with Crippen molar-refractivity contribution >= 4 is 5.91 Å². The Kier molecular flexibility index (Phi) is 5.64. The van der Waals surface area contributed by atoms with Crippen LogP contribution in [0.15, 0.2) is 12.5 Å². The van der Waals surface area contributed by atoms with Gasteiger partial charge in [0, 0.05) is 31.4 Å². The van der Waals surface area contributed by atoms with Crippen molar-refractivity contribution in [3.05, 3.63) is 23.8 Å². The van der Waals surface area contributed by atoms with Crippen LogP contribution < -0.4 is 5.32 Å². The minimum Gasteiger partial charge on any atom is -0.396 e. The smallest absolute Gasteiger partial charge is 0.254 e. The lowest BCUT2D eigenvalue weighted by Gasteiger charge is -2.35. The van der Waals surface area contributed by atoms with Gasteiger partial charge in [-0.25, -0.2) is 9.97 Å². The van der Waals surface area contributed by atoms with Gasteiger partial charge in [-0.2, -0.15) is 0 Å². The second kappa shape index (κ2) is 7.47. The molecule has 2 heterocycles. The molecule has 0 bridgehead atoms. The molecule has 1 saturated heterocycles. The third kappa shape index (κ3) is 3.98. The van der Waals surface area contributed by atoms with E-state index in [4.69, 9.17) is 4.74 Å². The topological polar surface area (TPSA) is 84.3 Å². The summed E-state index contributed by atoms with van der Waals surface area (Å²) in [5.74, 6) is -0.168. The maximum atomic E-state index is 12.3. The van der Waals surface area contributed by atoms with Gasteiger partial charge in [-0.1, -0.05) is 13.3 Å². The molecule has 0 aliphatic carbocycles. The molecule has 1 aliphatic rings. The number of aliphatic hydroxyl groups is 1. The van der Waals surface area contributed by atoms with Crippen LogP contribution in [0.1, 0.15) is 42.2 Å². The third-order valence-corrected chi connectivity index (χ3v) is 4.04. The molecule has 1 aromatic heterocycles. The van der Waals surface area contributed by atoms with Crippen LogP contribution in [0, 0.1) is 5.41 Å². The zero-order chi connectivity index (χ0) is 15.1. The molecule has 0 atom stereocenters. The van der Waals surface area contributed by atoms with Crippen molar-refractivity contribution < 1.29 is 14.6 Å². The van der Waals surface area contributed by atoms with E-state index in [0.717, 1.165) is 31.4 Å². The third-order valence-electron chi connectivity index (χ3n) is 4.04. The molecular weight excluding hydrogens is 270 g/mol. The highest BCUT2D eigenvalue weighted by molar-refractivity contribution is 5.94. The summed E-state index contributed by atoms with van der Waals surface area (Å²) in [4.78, 5) is 20.5. The number of aromatic nitrogens is 2. The Morgan fingerprint density at radius 3 is 2.90 bits per heavy atom. The maximum absolute atomic E-state index is 12.3. The van der Waals surface area contributed by atoms with Crippen LogP contribution >= 0.6 is 0 Å². The summed E-state index contributed by atoms with van der Waals surface area (Å²) in [6.07, 6.45) is 6.23. The van der Waals surface area contributed by atoms with Crippen LogP contribution in [0.2, 0.25) is 0 Å². The zero-order valence-corrected chi connectivity index (χ0v) is 12.5. The van der Waals surface area contributed by atoms with Gasteiger partial charge in [0.2, 0.25) is 0 Å². The molecule has 1 aromatic rings. The van der Waals surface area contributed by atoms with Gasteiger partial charge in [0.15, 0.2) is 0 Å². The molecule has 0 spiro atoms. The predicted molar refractivity (Wildman–Crippen MR) is 77.9 cm³/mol. The summed E-state index contributed by atoms with van der Waals surface area (Å²) in [5, 5.41) is 12.6. The summed E-state index contributed by atoms with van der Waals surface area (Å²) < 4.78 is 5.33. The normalized spacial score (nSPS) is 17.4. The molecule has 0 aromatic carbocycles. The average Bonchev–Trinajstić information content (AvgIpc) is 2.54. The Bertz CT molecular complexity index is 473. The van der Waals surface area contributed by atoms with Gasteiger partial charge in [-0.3, -0.25) is 4.79 Å². The number of nitrogens with one attached hydrogen (secondary N) is 1. The fraction of sp³-hybridized carbons (Fsp3) is 0.667. The fourth-order valence-electron chi connectivity index (χ4n) is 2.54. The van der Waals surface area contributed by atoms with E-state index in [1.807, 2.05) is 6.92 Å². The SMILES string of the molecule is CCCc1ncncc1C(=O)NCC1(CO)CCOCC1. The highest BCUT2D eigenvalue weighted by Gasteiger charge is 2.32. The quantitative estimate of drug-likeness (QED) is 0.815. The van der Waals surface area contributed by atoms with Gasteiger partial charge in [0.25, 0.3) is 5.91 Å².